The van der Waals surface area contributed by atoms with Crippen molar-refractivity contribution >= 4 is 22.6 Å². The van der Waals surface area contributed by atoms with Crippen molar-refractivity contribution in [3.63, 3.8) is 0 Å². The minimum Gasteiger partial charge on any atom is -0.388 e. The molecule has 0 aliphatic heterocycles. The van der Waals surface area contributed by atoms with Gasteiger partial charge in [0, 0.05) is 9.99 Å². The zero-order valence-electron chi connectivity index (χ0n) is 10.0. The summed E-state index contributed by atoms with van der Waals surface area (Å²) in [5.74, 6) is -0.269. The fourth-order valence-electron chi connectivity index (χ4n) is 1.78. The molecule has 0 bridgehead atoms. The van der Waals surface area contributed by atoms with Gasteiger partial charge in [0.05, 0.1) is 6.10 Å². The molecule has 3 heteroatoms. The van der Waals surface area contributed by atoms with Gasteiger partial charge in [0.2, 0.25) is 0 Å². The number of aliphatic hydroxyl groups is 1. The molecular formula is C15H14FIO. The lowest BCUT2D eigenvalue weighted by Crippen LogP contribution is -2.02. The molecule has 1 atom stereocenters. The number of rotatable bonds is 3. The van der Waals surface area contributed by atoms with Crippen LogP contribution in [0.4, 0.5) is 4.39 Å². The molecule has 2 aromatic rings. The van der Waals surface area contributed by atoms with Gasteiger partial charge in [-0.3, -0.25) is 0 Å². The van der Waals surface area contributed by atoms with E-state index in [0.29, 0.717) is 17.5 Å². The normalized spacial score (nSPS) is 12.4. The Hall–Kier alpha value is -0.940. The van der Waals surface area contributed by atoms with Crippen LogP contribution in [0.15, 0.2) is 42.5 Å². The maximum Gasteiger partial charge on any atom is 0.126 e. The molecule has 0 aliphatic carbocycles. The monoisotopic (exact) mass is 356 g/mol. The highest BCUT2D eigenvalue weighted by Crippen LogP contribution is 2.21. The third kappa shape index (κ3) is 3.29. The van der Waals surface area contributed by atoms with Crippen LogP contribution in [0.1, 0.15) is 22.8 Å². The highest BCUT2D eigenvalue weighted by Gasteiger charge is 2.10. The minimum atomic E-state index is -0.667. The Morgan fingerprint density at radius 1 is 1.17 bits per heavy atom. The quantitative estimate of drug-likeness (QED) is 0.824. The molecule has 0 saturated carbocycles. The second-order valence-corrected chi connectivity index (χ2v) is 5.60. The van der Waals surface area contributed by atoms with E-state index in [9.17, 15) is 9.50 Å². The van der Waals surface area contributed by atoms with Crippen molar-refractivity contribution in [3.8, 4) is 0 Å². The summed E-state index contributed by atoms with van der Waals surface area (Å²) in [5, 5.41) is 10.1. The molecule has 0 fully saturated rings. The van der Waals surface area contributed by atoms with Crippen molar-refractivity contribution in [2.75, 3.05) is 0 Å². The molecule has 0 saturated heterocycles. The van der Waals surface area contributed by atoms with Crippen LogP contribution in [0, 0.1) is 16.3 Å². The predicted molar refractivity (Wildman–Crippen MR) is 79.0 cm³/mol. The average molecular weight is 356 g/mol. The SMILES string of the molecule is Cc1ccc(C(O)Cc2ccc(I)cc2)cc1F. The van der Waals surface area contributed by atoms with Crippen LogP contribution in [0.2, 0.25) is 0 Å². The molecule has 2 aromatic carbocycles. The Kier molecular flexibility index (Phi) is 4.35. The number of aryl methyl sites for hydroxylation is 1. The number of aliphatic hydroxyl groups excluding tert-OH is 1. The highest BCUT2D eigenvalue weighted by molar-refractivity contribution is 14.1. The third-order valence-corrected chi connectivity index (χ3v) is 3.64. The van der Waals surface area contributed by atoms with E-state index in [1.54, 1.807) is 19.1 Å². The number of benzene rings is 2. The summed E-state index contributed by atoms with van der Waals surface area (Å²) in [6.45, 7) is 1.71. The highest BCUT2D eigenvalue weighted by atomic mass is 127. The van der Waals surface area contributed by atoms with Crippen LogP contribution in [0.3, 0.4) is 0 Å². The Morgan fingerprint density at radius 2 is 1.83 bits per heavy atom. The largest absolute Gasteiger partial charge is 0.388 e. The summed E-state index contributed by atoms with van der Waals surface area (Å²) in [6.07, 6.45) is -0.167. The van der Waals surface area contributed by atoms with Gasteiger partial charge in [-0.15, -0.1) is 0 Å². The van der Waals surface area contributed by atoms with Crippen molar-refractivity contribution in [1.29, 1.82) is 0 Å². The van der Waals surface area contributed by atoms with Crippen LogP contribution < -0.4 is 0 Å². The molecule has 94 valence electrons. The van der Waals surface area contributed by atoms with Crippen LogP contribution in [0.5, 0.6) is 0 Å². The van der Waals surface area contributed by atoms with Gasteiger partial charge >= 0.3 is 0 Å². The molecule has 1 unspecified atom stereocenters. The van der Waals surface area contributed by atoms with E-state index in [-0.39, 0.29) is 5.82 Å². The minimum absolute atomic E-state index is 0.269. The molecule has 0 amide bonds. The fourth-order valence-corrected chi connectivity index (χ4v) is 2.14. The lowest BCUT2D eigenvalue weighted by molar-refractivity contribution is 0.178. The van der Waals surface area contributed by atoms with Crippen molar-refractivity contribution in [1.82, 2.24) is 0 Å². The Bertz CT molecular complexity index is 537. The zero-order valence-corrected chi connectivity index (χ0v) is 12.2. The lowest BCUT2D eigenvalue weighted by atomic mass is 10.0. The van der Waals surface area contributed by atoms with Crippen molar-refractivity contribution in [2.45, 2.75) is 19.4 Å². The molecule has 1 N–H and O–H groups in total. The first kappa shape index (κ1) is 13.5. The summed E-state index contributed by atoms with van der Waals surface area (Å²) in [7, 11) is 0. The standard InChI is InChI=1S/C15H14FIO/c1-10-2-5-12(9-14(10)16)15(18)8-11-3-6-13(17)7-4-11/h2-7,9,15,18H,8H2,1H3. The molecule has 0 spiro atoms. The lowest BCUT2D eigenvalue weighted by Gasteiger charge is -2.12. The van der Waals surface area contributed by atoms with Crippen molar-refractivity contribution < 1.29 is 9.50 Å². The summed E-state index contributed by atoms with van der Waals surface area (Å²) < 4.78 is 14.6. The predicted octanol–water partition coefficient (Wildman–Crippen LogP) is 4.01. The summed E-state index contributed by atoms with van der Waals surface area (Å²) in [4.78, 5) is 0. The summed E-state index contributed by atoms with van der Waals surface area (Å²) in [6, 6.07) is 12.8. The number of hydrogen-bond donors (Lipinski definition) is 1. The maximum atomic E-state index is 13.4. The van der Waals surface area contributed by atoms with E-state index in [1.165, 1.54) is 6.07 Å². The Morgan fingerprint density at radius 3 is 2.44 bits per heavy atom. The molecular weight excluding hydrogens is 342 g/mol. The van der Waals surface area contributed by atoms with Crippen LogP contribution in [-0.4, -0.2) is 5.11 Å². The average Bonchev–Trinajstić information content (AvgIpc) is 2.35. The van der Waals surface area contributed by atoms with Gasteiger partial charge in [0.1, 0.15) is 5.82 Å². The molecule has 18 heavy (non-hydrogen) atoms. The molecule has 0 aromatic heterocycles. The summed E-state index contributed by atoms with van der Waals surface area (Å²) in [5.41, 5.74) is 2.26. The van der Waals surface area contributed by atoms with Gasteiger partial charge in [0.15, 0.2) is 0 Å². The van der Waals surface area contributed by atoms with E-state index in [1.807, 2.05) is 24.3 Å². The molecule has 0 aliphatic rings. The first-order valence-electron chi connectivity index (χ1n) is 5.75. The maximum absolute atomic E-state index is 13.4. The van der Waals surface area contributed by atoms with Crippen molar-refractivity contribution in [2.24, 2.45) is 0 Å². The first-order chi connectivity index (χ1) is 8.56. The topological polar surface area (TPSA) is 20.2 Å². The first-order valence-corrected chi connectivity index (χ1v) is 6.82. The fraction of sp³-hybridized carbons (Fsp3) is 0.200. The van der Waals surface area contributed by atoms with Gasteiger partial charge in [0.25, 0.3) is 0 Å². The van der Waals surface area contributed by atoms with Gasteiger partial charge in [-0.1, -0.05) is 24.3 Å². The van der Waals surface area contributed by atoms with E-state index in [0.717, 1.165) is 9.13 Å². The second-order valence-electron chi connectivity index (χ2n) is 4.36. The van der Waals surface area contributed by atoms with E-state index >= 15 is 0 Å². The molecule has 0 radical (unpaired) electrons. The van der Waals surface area contributed by atoms with Crippen LogP contribution >= 0.6 is 22.6 Å². The number of halogens is 2. The van der Waals surface area contributed by atoms with E-state index < -0.39 is 6.10 Å². The molecule has 1 nitrogen and oxygen atoms in total. The van der Waals surface area contributed by atoms with Gasteiger partial charge < -0.3 is 5.11 Å². The Balaban J connectivity index is 2.13. The van der Waals surface area contributed by atoms with Crippen LogP contribution in [-0.2, 0) is 6.42 Å². The van der Waals surface area contributed by atoms with Crippen LogP contribution in [0.25, 0.3) is 0 Å². The van der Waals surface area contributed by atoms with E-state index in [4.69, 9.17) is 0 Å². The molecule has 0 heterocycles. The van der Waals surface area contributed by atoms with Gasteiger partial charge in [-0.2, -0.15) is 0 Å². The van der Waals surface area contributed by atoms with Gasteiger partial charge in [-0.25, -0.2) is 4.39 Å². The zero-order chi connectivity index (χ0) is 13.1. The van der Waals surface area contributed by atoms with Crippen molar-refractivity contribution in [3.05, 3.63) is 68.5 Å². The number of hydrogen-bond acceptors (Lipinski definition) is 1. The van der Waals surface area contributed by atoms with Gasteiger partial charge in [-0.05, 0) is 64.4 Å². The smallest absolute Gasteiger partial charge is 0.126 e. The Labute approximate surface area is 120 Å². The molecule has 2 rings (SSSR count). The van der Waals surface area contributed by atoms with E-state index in [2.05, 4.69) is 22.6 Å². The third-order valence-electron chi connectivity index (χ3n) is 2.92. The second kappa shape index (κ2) is 5.80. The summed E-state index contributed by atoms with van der Waals surface area (Å²) >= 11 is 2.24.